The Morgan fingerprint density at radius 2 is 1.61 bits per heavy atom. The molecular formula is C14H14Cl2N2. The average Bonchev–Trinajstić information content (AvgIpc) is 2.35. The van der Waals surface area contributed by atoms with Crippen LogP contribution in [0.3, 0.4) is 0 Å². The van der Waals surface area contributed by atoms with Gasteiger partial charge in [0.1, 0.15) is 0 Å². The van der Waals surface area contributed by atoms with Gasteiger partial charge in [-0.15, -0.1) is 24.8 Å². The Hall–Kier alpha value is -1.35. The summed E-state index contributed by atoms with van der Waals surface area (Å²) in [5.74, 6) is 0. The van der Waals surface area contributed by atoms with Crippen LogP contribution in [0.4, 0.5) is 0 Å². The highest BCUT2D eigenvalue weighted by Gasteiger charge is 2.02. The summed E-state index contributed by atoms with van der Waals surface area (Å²) in [5.41, 5.74) is 8.86. The minimum absolute atomic E-state index is 0. The zero-order valence-corrected chi connectivity index (χ0v) is 11.3. The molecule has 1 heterocycles. The monoisotopic (exact) mass is 280 g/mol. The van der Waals surface area contributed by atoms with Gasteiger partial charge in [-0.2, -0.15) is 0 Å². The zero-order chi connectivity index (χ0) is 11.0. The van der Waals surface area contributed by atoms with Crippen molar-refractivity contribution in [1.29, 1.82) is 0 Å². The van der Waals surface area contributed by atoms with E-state index in [1.807, 2.05) is 30.3 Å². The van der Waals surface area contributed by atoms with Crippen molar-refractivity contribution in [2.45, 2.75) is 6.54 Å². The topological polar surface area (TPSA) is 38.9 Å². The number of halogens is 2. The van der Waals surface area contributed by atoms with E-state index in [1.165, 1.54) is 5.39 Å². The first-order valence-electron chi connectivity index (χ1n) is 5.36. The number of benzene rings is 2. The van der Waals surface area contributed by atoms with E-state index in [1.54, 1.807) is 0 Å². The molecule has 0 atom stereocenters. The van der Waals surface area contributed by atoms with Crippen LogP contribution in [0.15, 0.2) is 48.5 Å². The maximum absolute atomic E-state index is 5.72. The normalized spacial score (nSPS) is 9.83. The molecule has 0 fully saturated rings. The van der Waals surface area contributed by atoms with Gasteiger partial charge in [-0.1, -0.05) is 36.4 Å². The predicted octanol–water partition coefficient (Wildman–Crippen LogP) is 3.69. The van der Waals surface area contributed by atoms with Crippen LogP contribution in [-0.2, 0) is 6.54 Å². The largest absolute Gasteiger partial charge is 0.326 e. The number of para-hydroxylation sites is 2. The van der Waals surface area contributed by atoms with Gasteiger partial charge >= 0.3 is 0 Å². The standard InChI is InChI=1S/C14H12N2.2ClH/c15-9-12-6-3-5-11-8-10-4-1-2-7-13(10)16-14(11)12;;/h1-8H,9,15H2;2*1H. The van der Waals surface area contributed by atoms with Crippen LogP contribution in [-0.4, -0.2) is 4.98 Å². The smallest absolute Gasteiger partial charge is 0.0754 e. The van der Waals surface area contributed by atoms with E-state index in [0.29, 0.717) is 6.54 Å². The summed E-state index contributed by atoms with van der Waals surface area (Å²) in [6.07, 6.45) is 0. The van der Waals surface area contributed by atoms with Gasteiger partial charge in [0.25, 0.3) is 0 Å². The Balaban J connectivity index is 0.000000810. The Kier molecular flexibility index (Phi) is 4.91. The lowest BCUT2D eigenvalue weighted by atomic mass is 10.1. The van der Waals surface area contributed by atoms with E-state index in [0.717, 1.165) is 22.0 Å². The van der Waals surface area contributed by atoms with Gasteiger partial charge in [0.05, 0.1) is 11.0 Å². The van der Waals surface area contributed by atoms with Crippen LogP contribution in [0.2, 0.25) is 0 Å². The van der Waals surface area contributed by atoms with Gasteiger partial charge < -0.3 is 5.73 Å². The number of rotatable bonds is 1. The van der Waals surface area contributed by atoms with Gasteiger partial charge in [0, 0.05) is 17.3 Å². The minimum Gasteiger partial charge on any atom is -0.326 e. The minimum atomic E-state index is 0. The molecule has 0 aliphatic rings. The van der Waals surface area contributed by atoms with Crippen molar-refractivity contribution in [2.24, 2.45) is 5.73 Å². The maximum atomic E-state index is 5.72. The van der Waals surface area contributed by atoms with E-state index in [-0.39, 0.29) is 24.8 Å². The zero-order valence-electron chi connectivity index (χ0n) is 9.67. The lowest BCUT2D eigenvalue weighted by Gasteiger charge is -2.05. The fraction of sp³-hybridized carbons (Fsp3) is 0.0714. The van der Waals surface area contributed by atoms with Gasteiger partial charge in [-0.25, -0.2) is 4.98 Å². The number of fused-ring (bicyclic) bond motifs is 2. The summed E-state index contributed by atoms with van der Waals surface area (Å²) in [5, 5.41) is 2.32. The molecular weight excluding hydrogens is 267 g/mol. The molecule has 0 spiro atoms. The van der Waals surface area contributed by atoms with Crippen LogP contribution in [0.5, 0.6) is 0 Å². The highest BCUT2D eigenvalue weighted by atomic mass is 35.5. The second-order valence-electron chi connectivity index (χ2n) is 3.87. The predicted molar refractivity (Wildman–Crippen MR) is 81.6 cm³/mol. The van der Waals surface area contributed by atoms with E-state index in [2.05, 4.69) is 23.2 Å². The SMILES string of the molecule is Cl.Cl.NCc1cccc2cc3ccccc3nc12. The molecule has 0 aliphatic carbocycles. The lowest BCUT2D eigenvalue weighted by Crippen LogP contribution is -1.98. The molecule has 1 aromatic heterocycles. The summed E-state index contributed by atoms with van der Waals surface area (Å²) in [4.78, 5) is 4.67. The number of nitrogens with two attached hydrogens (primary N) is 1. The van der Waals surface area contributed by atoms with E-state index >= 15 is 0 Å². The first kappa shape index (κ1) is 14.7. The van der Waals surface area contributed by atoms with Crippen molar-refractivity contribution >= 4 is 46.6 Å². The van der Waals surface area contributed by atoms with E-state index < -0.39 is 0 Å². The Morgan fingerprint density at radius 3 is 2.39 bits per heavy atom. The van der Waals surface area contributed by atoms with Gasteiger partial charge in [-0.05, 0) is 17.7 Å². The molecule has 0 saturated carbocycles. The van der Waals surface area contributed by atoms with Crippen molar-refractivity contribution in [3.05, 3.63) is 54.1 Å². The van der Waals surface area contributed by atoms with Crippen LogP contribution in [0.1, 0.15) is 5.56 Å². The molecule has 2 nitrogen and oxygen atoms in total. The molecule has 0 radical (unpaired) electrons. The Bertz CT molecular complexity index is 668. The van der Waals surface area contributed by atoms with Crippen molar-refractivity contribution in [3.63, 3.8) is 0 Å². The number of hydrogen-bond donors (Lipinski definition) is 1. The highest BCUT2D eigenvalue weighted by Crippen LogP contribution is 2.21. The van der Waals surface area contributed by atoms with Crippen molar-refractivity contribution in [3.8, 4) is 0 Å². The molecule has 0 saturated heterocycles. The third kappa shape index (κ3) is 2.41. The number of hydrogen-bond acceptors (Lipinski definition) is 2. The molecule has 3 rings (SSSR count). The highest BCUT2D eigenvalue weighted by molar-refractivity contribution is 5.93. The summed E-state index contributed by atoms with van der Waals surface area (Å²) < 4.78 is 0. The van der Waals surface area contributed by atoms with Crippen LogP contribution >= 0.6 is 24.8 Å². The van der Waals surface area contributed by atoms with Crippen molar-refractivity contribution in [2.75, 3.05) is 0 Å². The number of pyridine rings is 1. The van der Waals surface area contributed by atoms with Gasteiger partial charge in [0.15, 0.2) is 0 Å². The first-order valence-corrected chi connectivity index (χ1v) is 5.36. The Morgan fingerprint density at radius 1 is 0.889 bits per heavy atom. The molecule has 18 heavy (non-hydrogen) atoms. The third-order valence-corrected chi connectivity index (χ3v) is 2.85. The lowest BCUT2D eigenvalue weighted by molar-refractivity contribution is 1.08. The molecule has 4 heteroatoms. The van der Waals surface area contributed by atoms with Gasteiger partial charge in [-0.3, -0.25) is 0 Å². The summed E-state index contributed by atoms with van der Waals surface area (Å²) in [6, 6.07) is 16.4. The number of nitrogens with zero attached hydrogens (tertiary/aromatic N) is 1. The second-order valence-corrected chi connectivity index (χ2v) is 3.87. The average molecular weight is 281 g/mol. The molecule has 2 aromatic carbocycles. The van der Waals surface area contributed by atoms with Crippen molar-refractivity contribution < 1.29 is 0 Å². The molecule has 0 bridgehead atoms. The Labute approximate surface area is 118 Å². The van der Waals surface area contributed by atoms with E-state index in [4.69, 9.17) is 5.73 Å². The molecule has 2 N–H and O–H groups in total. The maximum Gasteiger partial charge on any atom is 0.0754 e. The quantitative estimate of drug-likeness (QED) is 0.691. The number of aromatic nitrogens is 1. The fourth-order valence-corrected chi connectivity index (χ4v) is 2.03. The molecule has 0 unspecified atom stereocenters. The van der Waals surface area contributed by atoms with Gasteiger partial charge in [0.2, 0.25) is 0 Å². The van der Waals surface area contributed by atoms with Crippen molar-refractivity contribution in [1.82, 2.24) is 4.98 Å². The third-order valence-electron chi connectivity index (χ3n) is 2.85. The summed E-state index contributed by atoms with van der Waals surface area (Å²) in [7, 11) is 0. The fourth-order valence-electron chi connectivity index (χ4n) is 2.03. The van der Waals surface area contributed by atoms with Crippen LogP contribution < -0.4 is 5.73 Å². The van der Waals surface area contributed by atoms with Crippen LogP contribution in [0, 0.1) is 0 Å². The summed E-state index contributed by atoms with van der Waals surface area (Å²) in [6.45, 7) is 0.530. The first-order chi connectivity index (χ1) is 7.88. The van der Waals surface area contributed by atoms with E-state index in [9.17, 15) is 0 Å². The molecule has 94 valence electrons. The van der Waals surface area contributed by atoms with Crippen LogP contribution in [0.25, 0.3) is 21.8 Å². The molecule has 0 amide bonds. The summed E-state index contributed by atoms with van der Waals surface area (Å²) >= 11 is 0. The molecule has 3 aromatic rings. The molecule has 0 aliphatic heterocycles. The second kappa shape index (κ2) is 6.01.